The highest BCUT2D eigenvalue weighted by Crippen LogP contribution is 2.28. The molecule has 4 nitrogen and oxygen atoms in total. The molecule has 3 aromatic carbocycles. The largest absolute Gasteiger partial charge is 0.507 e. The number of fused-ring (bicyclic) bond motifs is 1. The summed E-state index contributed by atoms with van der Waals surface area (Å²) >= 11 is 0. The molecule has 0 saturated heterocycles. The van der Waals surface area contributed by atoms with Gasteiger partial charge in [-0.25, -0.2) is 5.43 Å². The van der Waals surface area contributed by atoms with Crippen LogP contribution >= 0.6 is 0 Å². The highest BCUT2D eigenvalue weighted by Gasteiger charge is 2.09. The maximum absolute atomic E-state index is 12.0. The zero-order chi connectivity index (χ0) is 16.2. The molecule has 1 amide bonds. The summed E-state index contributed by atoms with van der Waals surface area (Å²) in [6.07, 6.45) is 0. The number of hydrogen-bond acceptors (Lipinski definition) is 3. The van der Waals surface area contributed by atoms with E-state index in [9.17, 15) is 9.90 Å². The first-order chi connectivity index (χ1) is 11.2. The van der Waals surface area contributed by atoms with Crippen LogP contribution in [0, 0.1) is 0 Å². The summed E-state index contributed by atoms with van der Waals surface area (Å²) in [5.41, 5.74) is 4.18. The van der Waals surface area contributed by atoms with Crippen molar-refractivity contribution >= 4 is 22.4 Å². The first-order valence-electron chi connectivity index (χ1n) is 7.27. The summed E-state index contributed by atoms with van der Waals surface area (Å²) in [5.74, 6) is -0.122. The number of rotatable bonds is 3. The van der Waals surface area contributed by atoms with Gasteiger partial charge < -0.3 is 5.11 Å². The van der Waals surface area contributed by atoms with Crippen molar-refractivity contribution in [1.82, 2.24) is 5.43 Å². The van der Waals surface area contributed by atoms with E-state index >= 15 is 0 Å². The molecule has 0 fully saturated rings. The van der Waals surface area contributed by atoms with E-state index in [1.54, 1.807) is 37.3 Å². The van der Waals surface area contributed by atoms with Gasteiger partial charge in [0.15, 0.2) is 0 Å². The van der Waals surface area contributed by atoms with E-state index in [-0.39, 0.29) is 11.7 Å². The number of phenols is 1. The highest BCUT2D eigenvalue weighted by atomic mass is 16.3. The summed E-state index contributed by atoms with van der Waals surface area (Å²) in [6.45, 7) is 1.75. The van der Waals surface area contributed by atoms with Gasteiger partial charge in [0.2, 0.25) is 0 Å². The number of nitrogens with one attached hydrogen (secondary N) is 1. The Morgan fingerprint density at radius 2 is 1.65 bits per heavy atom. The number of hydrogen-bond donors (Lipinski definition) is 2. The Morgan fingerprint density at radius 1 is 0.957 bits per heavy atom. The van der Waals surface area contributed by atoms with Crippen LogP contribution in [0.3, 0.4) is 0 Å². The molecule has 0 atom stereocenters. The molecule has 0 aliphatic carbocycles. The van der Waals surface area contributed by atoms with E-state index in [0.717, 1.165) is 10.8 Å². The second kappa shape index (κ2) is 6.32. The molecule has 0 radical (unpaired) electrons. The van der Waals surface area contributed by atoms with Crippen molar-refractivity contribution < 1.29 is 9.90 Å². The normalized spacial score (nSPS) is 11.4. The average molecular weight is 304 g/mol. The fourth-order valence-electron chi connectivity index (χ4n) is 2.40. The molecule has 0 bridgehead atoms. The Kier molecular flexibility index (Phi) is 4.06. The van der Waals surface area contributed by atoms with E-state index in [0.29, 0.717) is 16.8 Å². The molecule has 114 valence electrons. The van der Waals surface area contributed by atoms with Gasteiger partial charge in [0.05, 0.1) is 5.71 Å². The molecular weight excluding hydrogens is 288 g/mol. The van der Waals surface area contributed by atoms with Crippen molar-refractivity contribution in [3.05, 3.63) is 77.9 Å². The van der Waals surface area contributed by atoms with Crippen LogP contribution in [-0.4, -0.2) is 16.7 Å². The maximum Gasteiger partial charge on any atom is 0.271 e. The van der Waals surface area contributed by atoms with Crippen LogP contribution in [0.15, 0.2) is 71.8 Å². The zero-order valence-electron chi connectivity index (χ0n) is 12.7. The predicted molar refractivity (Wildman–Crippen MR) is 91.7 cm³/mol. The quantitative estimate of drug-likeness (QED) is 0.572. The first kappa shape index (κ1) is 14.8. The molecule has 0 unspecified atom stereocenters. The molecular formula is C19H16N2O2. The molecule has 0 aromatic heterocycles. The Hall–Kier alpha value is -3.14. The molecule has 23 heavy (non-hydrogen) atoms. The van der Waals surface area contributed by atoms with Crippen LogP contribution in [0.2, 0.25) is 0 Å². The van der Waals surface area contributed by atoms with Crippen LogP contribution < -0.4 is 5.43 Å². The monoisotopic (exact) mass is 304 g/mol. The molecule has 0 heterocycles. The Morgan fingerprint density at radius 3 is 2.43 bits per heavy atom. The molecule has 3 aromatic rings. The van der Waals surface area contributed by atoms with E-state index in [2.05, 4.69) is 10.5 Å². The Labute approximate surface area is 134 Å². The lowest BCUT2D eigenvalue weighted by Gasteiger charge is -2.08. The molecule has 0 aliphatic heterocycles. The van der Waals surface area contributed by atoms with Gasteiger partial charge >= 0.3 is 0 Å². The minimum atomic E-state index is -0.287. The minimum absolute atomic E-state index is 0.165. The van der Waals surface area contributed by atoms with E-state index < -0.39 is 0 Å². The standard InChI is InChI=1S/C19H16N2O2/c1-13(20-21-19(23)15-8-3-2-4-9-15)16-12-11-14-7-5-6-10-17(14)18(16)22/h2-12,22H,1H3,(H,21,23)/b20-13-. The van der Waals surface area contributed by atoms with Crippen molar-refractivity contribution in [1.29, 1.82) is 0 Å². The number of carbonyl (C=O) groups excluding carboxylic acids is 1. The number of hydrazone groups is 1. The third-order valence-corrected chi connectivity index (χ3v) is 3.65. The number of phenolic OH excluding ortho intramolecular Hbond substituents is 1. The third-order valence-electron chi connectivity index (χ3n) is 3.65. The predicted octanol–water partition coefficient (Wildman–Crippen LogP) is 3.70. The summed E-state index contributed by atoms with van der Waals surface area (Å²) in [5, 5.41) is 16.2. The number of carbonyl (C=O) groups is 1. The van der Waals surface area contributed by atoms with E-state index in [1.807, 2.05) is 36.4 Å². The molecule has 4 heteroatoms. The topological polar surface area (TPSA) is 61.7 Å². The lowest BCUT2D eigenvalue weighted by Crippen LogP contribution is -2.19. The fourth-order valence-corrected chi connectivity index (χ4v) is 2.40. The van der Waals surface area contributed by atoms with Crippen LogP contribution in [0.1, 0.15) is 22.8 Å². The van der Waals surface area contributed by atoms with Crippen LogP contribution in [0.25, 0.3) is 10.8 Å². The lowest BCUT2D eigenvalue weighted by atomic mass is 10.0. The Balaban J connectivity index is 1.87. The summed E-state index contributed by atoms with van der Waals surface area (Å²) in [6, 6.07) is 20.2. The molecule has 0 aliphatic rings. The van der Waals surface area contributed by atoms with Crippen LogP contribution in [0.5, 0.6) is 5.75 Å². The molecule has 2 N–H and O–H groups in total. The SMILES string of the molecule is C/C(=N/NC(=O)c1ccccc1)c1ccc2ccccc2c1O. The van der Waals surface area contributed by atoms with Crippen molar-refractivity contribution in [2.75, 3.05) is 0 Å². The first-order valence-corrected chi connectivity index (χ1v) is 7.27. The maximum atomic E-state index is 12.0. The molecule has 0 saturated carbocycles. The number of amides is 1. The molecule has 0 spiro atoms. The van der Waals surface area contributed by atoms with Crippen molar-refractivity contribution in [3.8, 4) is 5.75 Å². The van der Waals surface area contributed by atoms with Crippen molar-refractivity contribution in [2.24, 2.45) is 5.10 Å². The van der Waals surface area contributed by atoms with Gasteiger partial charge in [-0.05, 0) is 30.5 Å². The van der Waals surface area contributed by atoms with Gasteiger partial charge in [0, 0.05) is 16.5 Å². The van der Waals surface area contributed by atoms with Crippen molar-refractivity contribution in [2.45, 2.75) is 6.92 Å². The third kappa shape index (κ3) is 3.06. The number of benzene rings is 3. The smallest absolute Gasteiger partial charge is 0.271 e. The summed E-state index contributed by atoms with van der Waals surface area (Å²) in [4.78, 5) is 12.0. The minimum Gasteiger partial charge on any atom is -0.507 e. The van der Waals surface area contributed by atoms with Gasteiger partial charge in [-0.3, -0.25) is 4.79 Å². The summed E-state index contributed by atoms with van der Waals surface area (Å²) in [7, 11) is 0. The second-order valence-electron chi connectivity index (χ2n) is 5.19. The second-order valence-corrected chi connectivity index (χ2v) is 5.19. The Bertz CT molecular complexity index is 886. The number of nitrogens with zero attached hydrogens (tertiary/aromatic N) is 1. The van der Waals surface area contributed by atoms with Crippen LogP contribution in [-0.2, 0) is 0 Å². The van der Waals surface area contributed by atoms with Gasteiger partial charge in [-0.15, -0.1) is 0 Å². The van der Waals surface area contributed by atoms with Gasteiger partial charge in [0.1, 0.15) is 5.75 Å². The number of aromatic hydroxyl groups is 1. The summed E-state index contributed by atoms with van der Waals surface area (Å²) < 4.78 is 0. The fraction of sp³-hybridized carbons (Fsp3) is 0.0526. The molecule has 3 rings (SSSR count). The average Bonchev–Trinajstić information content (AvgIpc) is 2.60. The highest BCUT2D eigenvalue weighted by molar-refractivity contribution is 6.07. The van der Waals surface area contributed by atoms with Gasteiger partial charge in [-0.1, -0.05) is 48.5 Å². The van der Waals surface area contributed by atoms with Gasteiger partial charge in [0.25, 0.3) is 5.91 Å². The van der Waals surface area contributed by atoms with E-state index in [4.69, 9.17) is 0 Å². The zero-order valence-corrected chi connectivity index (χ0v) is 12.7. The lowest BCUT2D eigenvalue weighted by molar-refractivity contribution is 0.0955. The van der Waals surface area contributed by atoms with E-state index in [1.165, 1.54) is 0 Å². The van der Waals surface area contributed by atoms with Gasteiger partial charge in [-0.2, -0.15) is 5.10 Å². The van der Waals surface area contributed by atoms with Crippen molar-refractivity contribution in [3.63, 3.8) is 0 Å². The van der Waals surface area contributed by atoms with Crippen LogP contribution in [0.4, 0.5) is 0 Å².